The predicted molar refractivity (Wildman–Crippen MR) is 170 cm³/mol. The molecule has 1 aliphatic heterocycles. The maximum Gasteiger partial charge on any atom is 0.416 e. The molecule has 244 valence electrons. The highest BCUT2D eigenvalue weighted by atomic mass is 19.4. The number of rotatable bonds is 7. The van der Waals surface area contributed by atoms with Crippen LogP contribution in [0.25, 0.3) is 0 Å². The lowest BCUT2D eigenvalue weighted by atomic mass is 9.76. The van der Waals surface area contributed by atoms with E-state index >= 15 is 4.39 Å². The minimum absolute atomic E-state index is 0.0121. The fraction of sp³-hybridized carbons (Fsp3) is 0.459. The Labute approximate surface area is 267 Å². The third kappa shape index (κ3) is 6.51. The molecule has 4 atom stereocenters. The molecule has 0 radical (unpaired) electrons. The van der Waals surface area contributed by atoms with Gasteiger partial charge in [0.25, 0.3) is 5.91 Å². The van der Waals surface area contributed by atoms with Crippen LogP contribution in [-0.2, 0) is 17.5 Å². The molecule has 3 aliphatic rings. The Kier molecular flexibility index (Phi) is 9.12. The van der Waals surface area contributed by atoms with Gasteiger partial charge in [0.15, 0.2) is 0 Å². The number of halogens is 4. The van der Waals surface area contributed by atoms with Gasteiger partial charge < -0.3 is 15.5 Å². The average molecular weight is 636 g/mol. The molecule has 2 N–H and O–H groups in total. The van der Waals surface area contributed by atoms with Gasteiger partial charge in [-0.15, -0.1) is 0 Å². The van der Waals surface area contributed by atoms with Crippen LogP contribution >= 0.6 is 0 Å². The Morgan fingerprint density at radius 1 is 0.891 bits per heavy atom. The molecule has 2 aliphatic carbocycles. The smallest absolute Gasteiger partial charge is 0.382 e. The van der Waals surface area contributed by atoms with Crippen LogP contribution in [-0.4, -0.2) is 28.8 Å². The lowest BCUT2D eigenvalue weighted by molar-refractivity contribution is -0.138. The van der Waals surface area contributed by atoms with Gasteiger partial charge in [-0.25, -0.2) is 4.39 Å². The van der Waals surface area contributed by atoms with Gasteiger partial charge in [0.05, 0.1) is 23.1 Å². The summed E-state index contributed by atoms with van der Waals surface area (Å²) in [6.07, 6.45) is 3.16. The summed E-state index contributed by atoms with van der Waals surface area (Å²) in [6.45, 7) is 3.04. The van der Waals surface area contributed by atoms with Crippen molar-refractivity contribution in [3.05, 3.63) is 99.9 Å². The van der Waals surface area contributed by atoms with Crippen molar-refractivity contribution in [3.8, 4) is 0 Å². The van der Waals surface area contributed by atoms with E-state index in [1.54, 1.807) is 30.0 Å². The summed E-state index contributed by atoms with van der Waals surface area (Å²) in [6, 6.07) is 16.1. The van der Waals surface area contributed by atoms with Crippen LogP contribution in [0, 0.1) is 31.5 Å². The van der Waals surface area contributed by atoms with E-state index < -0.39 is 35.4 Å². The van der Waals surface area contributed by atoms with Gasteiger partial charge in [0, 0.05) is 24.3 Å². The number of carbonyl (C=O) groups is 2. The van der Waals surface area contributed by atoms with Crippen LogP contribution in [0.4, 0.5) is 23.2 Å². The highest BCUT2D eigenvalue weighted by Gasteiger charge is 2.50. The van der Waals surface area contributed by atoms with Crippen LogP contribution in [0.3, 0.4) is 0 Å². The highest BCUT2D eigenvalue weighted by Crippen LogP contribution is 2.49. The van der Waals surface area contributed by atoms with Gasteiger partial charge in [-0.2, -0.15) is 13.2 Å². The SMILES string of the molecule is Cc1ccc(CNC(=O)C2C[C@H]3CCC[C@H]3N(C(=O)c3c(C)cccc3F)[C@H]2c2ccc(NC3CCCC3)cc2)cc1C(F)(F)F. The van der Waals surface area contributed by atoms with Gasteiger partial charge in [-0.05, 0) is 98.4 Å². The van der Waals surface area contributed by atoms with Crippen molar-refractivity contribution in [2.45, 2.75) is 96.1 Å². The molecular weight excluding hydrogens is 594 g/mol. The first-order valence-electron chi connectivity index (χ1n) is 16.4. The van der Waals surface area contributed by atoms with Crippen LogP contribution in [0.5, 0.6) is 0 Å². The Morgan fingerprint density at radius 2 is 1.63 bits per heavy atom. The lowest BCUT2D eigenvalue weighted by Gasteiger charge is -2.48. The fourth-order valence-corrected chi connectivity index (χ4v) is 7.95. The van der Waals surface area contributed by atoms with Crippen LogP contribution < -0.4 is 10.6 Å². The monoisotopic (exact) mass is 635 g/mol. The summed E-state index contributed by atoms with van der Waals surface area (Å²) in [4.78, 5) is 30.2. The number of aryl methyl sites for hydroxylation is 2. The molecule has 0 bridgehead atoms. The largest absolute Gasteiger partial charge is 0.416 e. The van der Waals surface area contributed by atoms with Crippen molar-refractivity contribution in [2.24, 2.45) is 11.8 Å². The van der Waals surface area contributed by atoms with E-state index in [1.165, 1.54) is 31.9 Å². The van der Waals surface area contributed by atoms with E-state index in [4.69, 9.17) is 0 Å². The fourth-order valence-electron chi connectivity index (χ4n) is 7.95. The quantitative estimate of drug-likeness (QED) is 0.256. The first-order chi connectivity index (χ1) is 22.0. The number of anilines is 1. The average Bonchev–Trinajstić information content (AvgIpc) is 3.71. The molecular formula is C37H41F4N3O2. The van der Waals surface area contributed by atoms with E-state index in [0.29, 0.717) is 23.6 Å². The molecule has 6 rings (SSSR count). The number of likely N-dealkylation sites (tertiary alicyclic amines) is 1. The summed E-state index contributed by atoms with van der Waals surface area (Å²) in [7, 11) is 0. The molecule has 0 aromatic heterocycles. The topological polar surface area (TPSA) is 61.4 Å². The molecule has 9 heteroatoms. The van der Waals surface area contributed by atoms with E-state index in [9.17, 15) is 22.8 Å². The number of nitrogens with zero attached hydrogens (tertiary/aromatic N) is 1. The molecule has 1 saturated heterocycles. The number of nitrogens with one attached hydrogen (secondary N) is 2. The predicted octanol–water partition coefficient (Wildman–Crippen LogP) is 8.50. The molecule has 5 nitrogen and oxygen atoms in total. The highest BCUT2D eigenvalue weighted by molar-refractivity contribution is 5.97. The zero-order chi connectivity index (χ0) is 32.6. The number of benzene rings is 3. The summed E-state index contributed by atoms with van der Waals surface area (Å²) >= 11 is 0. The summed E-state index contributed by atoms with van der Waals surface area (Å²) < 4.78 is 56.0. The van der Waals surface area contributed by atoms with Gasteiger partial charge in [0.1, 0.15) is 5.82 Å². The molecule has 2 amide bonds. The van der Waals surface area contributed by atoms with Crippen LogP contribution in [0.15, 0.2) is 60.7 Å². The van der Waals surface area contributed by atoms with E-state index in [0.717, 1.165) is 49.4 Å². The third-order valence-corrected chi connectivity index (χ3v) is 10.3. The second kappa shape index (κ2) is 13.1. The molecule has 2 saturated carbocycles. The maximum absolute atomic E-state index is 15.3. The van der Waals surface area contributed by atoms with Crippen molar-refractivity contribution in [2.75, 3.05) is 5.32 Å². The molecule has 3 aromatic rings. The van der Waals surface area contributed by atoms with Gasteiger partial charge in [-0.1, -0.05) is 55.7 Å². The Hall–Kier alpha value is -3.88. The molecule has 3 fully saturated rings. The first kappa shape index (κ1) is 32.1. The van der Waals surface area contributed by atoms with Crippen LogP contribution in [0.1, 0.15) is 95.6 Å². The van der Waals surface area contributed by atoms with Gasteiger partial charge in [0.2, 0.25) is 5.91 Å². The number of fused-ring (bicyclic) bond motifs is 1. The molecule has 46 heavy (non-hydrogen) atoms. The number of piperidine rings is 1. The second-order valence-electron chi connectivity index (χ2n) is 13.3. The van der Waals surface area contributed by atoms with Crippen molar-refractivity contribution in [1.82, 2.24) is 10.2 Å². The number of alkyl halides is 3. The van der Waals surface area contributed by atoms with Crippen molar-refractivity contribution < 1.29 is 27.2 Å². The molecule has 1 heterocycles. The Balaban J connectivity index is 1.34. The molecule has 3 aromatic carbocycles. The maximum atomic E-state index is 15.3. The molecule has 0 spiro atoms. The van der Waals surface area contributed by atoms with E-state index in [-0.39, 0.29) is 35.5 Å². The van der Waals surface area contributed by atoms with Crippen molar-refractivity contribution in [3.63, 3.8) is 0 Å². The Bertz CT molecular complexity index is 1560. The normalized spacial score (nSPS) is 23.3. The Morgan fingerprint density at radius 3 is 2.33 bits per heavy atom. The van der Waals surface area contributed by atoms with Gasteiger partial charge in [-0.3, -0.25) is 9.59 Å². The number of hydrogen-bond acceptors (Lipinski definition) is 3. The summed E-state index contributed by atoms with van der Waals surface area (Å²) in [5, 5.41) is 6.48. The van der Waals surface area contributed by atoms with Gasteiger partial charge >= 0.3 is 6.18 Å². The summed E-state index contributed by atoms with van der Waals surface area (Å²) in [5.74, 6) is -1.97. The number of carbonyl (C=O) groups excluding carboxylic acids is 2. The minimum atomic E-state index is -4.50. The van der Waals surface area contributed by atoms with E-state index in [1.807, 2.05) is 24.3 Å². The number of hydrogen-bond donors (Lipinski definition) is 2. The summed E-state index contributed by atoms with van der Waals surface area (Å²) in [5.41, 5.74) is 2.01. The second-order valence-corrected chi connectivity index (χ2v) is 13.3. The third-order valence-electron chi connectivity index (χ3n) is 10.3. The molecule has 1 unspecified atom stereocenters. The zero-order valence-electron chi connectivity index (χ0n) is 26.3. The minimum Gasteiger partial charge on any atom is -0.382 e. The van der Waals surface area contributed by atoms with Crippen LogP contribution in [0.2, 0.25) is 0 Å². The van der Waals surface area contributed by atoms with E-state index in [2.05, 4.69) is 10.6 Å². The van der Waals surface area contributed by atoms with Crippen molar-refractivity contribution >= 4 is 17.5 Å². The standard InChI is InChI=1S/C37H41F4N3O2/c1-22-13-14-24(19-30(22)37(39,40)41)21-42-35(45)29-20-26-8-6-12-32(26)44(36(46)33-23(2)7-5-11-31(33)38)34(29)25-15-17-28(18-16-25)43-27-9-3-4-10-27/h5,7,11,13-19,26-27,29,32,34,43H,3-4,6,8-10,12,20-21H2,1-2H3,(H,42,45)/t26-,29?,32-,34+/m1/s1. The number of amides is 2. The lowest BCUT2D eigenvalue weighted by Crippen LogP contribution is -2.54. The zero-order valence-corrected chi connectivity index (χ0v) is 26.3. The van der Waals surface area contributed by atoms with Crippen molar-refractivity contribution in [1.29, 1.82) is 0 Å². The first-order valence-corrected chi connectivity index (χ1v) is 16.4.